The van der Waals surface area contributed by atoms with Crippen molar-refractivity contribution in [1.82, 2.24) is 0 Å². The highest BCUT2D eigenvalue weighted by Crippen LogP contribution is 2.32. The van der Waals surface area contributed by atoms with Crippen molar-refractivity contribution in [3.05, 3.63) is 84.9 Å². The maximum Gasteiger partial charge on any atom is 0.368 e. The Labute approximate surface area is 175 Å². The van der Waals surface area contributed by atoms with Crippen LogP contribution >= 0.6 is 0 Å². The lowest BCUT2D eigenvalue weighted by Gasteiger charge is -2.23. The van der Waals surface area contributed by atoms with Crippen molar-refractivity contribution in [3.63, 3.8) is 0 Å². The SMILES string of the molecule is O=S(=O)([O-])C(F)(F)C(F)COc1ccc([S+](c2ccccc2)c2ccccc2)cc1. The van der Waals surface area contributed by atoms with Crippen molar-refractivity contribution in [2.75, 3.05) is 6.61 Å². The summed E-state index contributed by atoms with van der Waals surface area (Å²) >= 11 is 0. The first-order chi connectivity index (χ1) is 14.2. The summed E-state index contributed by atoms with van der Waals surface area (Å²) in [5.74, 6) is 0.0742. The van der Waals surface area contributed by atoms with Gasteiger partial charge in [-0.05, 0) is 48.5 Å². The third-order valence-corrected chi connectivity index (χ3v) is 7.26. The summed E-state index contributed by atoms with van der Waals surface area (Å²) in [6, 6.07) is 26.0. The molecule has 0 bridgehead atoms. The number of rotatable bonds is 8. The maximum atomic E-state index is 13.6. The Balaban J connectivity index is 1.80. The van der Waals surface area contributed by atoms with Crippen LogP contribution in [-0.4, -0.2) is 31.0 Å². The highest BCUT2D eigenvalue weighted by Gasteiger charge is 2.47. The molecule has 30 heavy (non-hydrogen) atoms. The Morgan fingerprint density at radius 3 is 1.70 bits per heavy atom. The van der Waals surface area contributed by atoms with Crippen LogP contribution in [0.4, 0.5) is 13.2 Å². The second-order valence-electron chi connectivity index (χ2n) is 6.20. The molecule has 9 heteroatoms. The van der Waals surface area contributed by atoms with E-state index in [-0.39, 0.29) is 5.75 Å². The van der Waals surface area contributed by atoms with Crippen LogP contribution in [0, 0.1) is 0 Å². The van der Waals surface area contributed by atoms with E-state index in [4.69, 9.17) is 4.74 Å². The van der Waals surface area contributed by atoms with Crippen LogP contribution in [-0.2, 0) is 21.0 Å². The topological polar surface area (TPSA) is 66.4 Å². The van der Waals surface area contributed by atoms with Crippen molar-refractivity contribution in [1.29, 1.82) is 0 Å². The third kappa shape index (κ3) is 4.97. The predicted octanol–water partition coefficient (Wildman–Crippen LogP) is 4.64. The van der Waals surface area contributed by atoms with Crippen LogP contribution in [0.2, 0.25) is 0 Å². The quantitative estimate of drug-likeness (QED) is 0.368. The van der Waals surface area contributed by atoms with E-state index < -0.39 is 39.0 Å². The number of ether oxygens (including phenoxy) is 1. The smallest absolute Gasteiger partial charge is 0.368 e. The molecule has 1 atom stereocenters. The van der Waals surface area contributed by atoms with Crippen molar-refractivity contribution < 1.29 is 30.9 Å². The van der Waals surface area contributed by atoms with Crippen LogP contribution in [0.15, 0.2) is 99.6 Å². The minimum absolute atomic E-state index is 0.0742. The lowest BCUT2D eigenvalue weighted by atomic mass is 10.3. The first-order valence-electron chi connectivity index (χ1n) is 8.75. The van der Waals surface area contributed by atoms with Crippen molar-refractivity contribution in [2.24, 2.45) is 0 Å². The van der Waals surface area contributed by atoms with Crippen LogP contribution in [0.5, 0.6) is 5.75 Å². The van der Waals surface area contributed by atoms with Gasteiger partial charge in [0.2, 0.25) is 6.17 Å². The molecule has 0 N–H and O–H groups in total. The minimum Gasteiger partial charge on any atom is -0.743 e. The van der Waals surface area contributed by atoms with E-state index in [1.54, 1.807) is 12.1 Å². The molecule has 3 rings (SSSR count). The van der Waals surface area contributed by atoms with Gasteiger partial charge >= 0.3 is 5.25 Å². The lowest BCUT2D eigenvalue weighted by Crippen LogP contribution is -2.41. The van der Waals surface area contributed by atoms with E-state index in [0.717, 1.165) is 14.7 Å². The monoisotopic (exact) mass is 454 g/mol. The van der Waals surface area contributed by atoms with Gasteiger partial charge in [-0.1, -0.05) is 36.4 Å². The molecule has 0 aromatic heterocycles. The fourth-order valence-electron chi connectivity index (χ4n) is 2.62. The highest BCUT2D eigenvalue weighted by atomic mass is 32.2. The van der Waals surface area contributed by atoms with Gasteiger partial charge in [0.05, 0.1) is 10.9 Å². The second kappa shape index (κ2) is 9.11. The largest absolute Gasteiger partial charge is 0.743 e. The molecule has 0 amide bonds. The van der Waals surface area contributed by atoms with Gasteiger partial charge in [0.1, 0.15) is 12.4 Å². The molecule has 0 aliphatic rings. The van der Waals surface area contributed by atoms with Crippen LogP contribution in [0.25, 0.3) is 0 Å². The Bertz CT molecular complexity index is 1020. The maximum absolute atomic E-state index is 13.6. The van der Waals surface area contributed by atoms with Crippen LogP contribution in [0.3, 0.4) is 0 Å². The molecule has 0 heterocycles. The van der Waals surface area contributed by atoms with E-state index >= 15 is 0 Å². The molecule has 0 saturated carbocycles. The van der Waals surface area contributed by atoms with E-state index in [1.165, 1.54) is 12.1 Å². The fraction of sp³-hybridized carbons (Fsp3) is 0.143. The number of benzene rings is 3. The standard InChI is InChI=1S/C21H17F3O4S2/c22-20(21(23,24)30(25,26)27)15-28-16-11-13-19(14-12-16)29(17-7-3-1-4-8-17)18-9-5-2-6-10-18/h1-14,20H,15H2. The van der Waals surface area contributed by atoms with Crippen LogP contribution in [0.1, 0.15) is 0 Å². The Morgan fingerprint density at radius 1 is 0.833 bits per heavy atom. The van der Waals surface area contributed by atoms with Crippen molar-refractivity contribution in [3.8, 4) is 5.75 Å². The molecule has 4 nitrogen and oxygen atoms in total. The molecule has 3 aromatic carbocycles. The van der Waals surface area contributed by atoms with Crippen LogP contribution < -0.4 is 4.74 Å². The summed E-state index contributed by atoms with van der Waals surface area (Å²) in [6.07, 6.45) is -3.28. The van der Waals surface area contributed by atoms with Gasteiger partial charge < -0.3 is 9.29 Å². The van der Waals surface area contributed by atoms with Gasteiger partial charge in [0.15, 0.2) is 24.8 Å². The molecular weight excluding hydrogens is 437 g/mol. The van der Waals surface area contributed by atoms with Gasteiger partial charge in [-0.3, -0.25) is 0 Å². The molecule has 0 spiro atoms. The molecule has 0 saturated heterocycles. The Hall–Kier alpha value is -2.49. The minimum atomic E-state index is -6.12. The highest BCUT2D eigenvalue weighted by molar-refractivity contribution is 7.97. The van der Waals surface area contributed by atoms with Gasteiger partial charge in [-0.2, -0.15) is 8.78 Å². The molecular formula is C21H17F3O4S2. The van der Waals surface area contributed by atoms with E-state index in [0.29, 0.717) is 0 Å². The zero-order chi connectivity index (χ0) is 21.8. The molecule has 1 unspecified atom stereocenters. The third-order valence-electron chi connectivity index (χ3n) is 4.11. The summed E-state index contributed by atoms with van der Waals surface area (Å²) in [4.78, 5) is 3.06. The number of hydrogen-bond donors (Lipinski definition) is 0. The second-order valence-corrected chi connectivity index (χ2v) is 9.68. The summed E-state index contributed by atoms with van der Waals surface area (Å²) in [6.45, 7) is -1.27. The molecule has 0 fully saturated rings. The summed E-state index contributed by atoms with van der Waals surface area (Å²) in [7, 11) is -6.55. The number of alkyl halides is 3. The normalized spacial score (nSPS) is 13.2. The van der Waals surface area contributed by atoms with Crippen molar-refractivity contribution >= 4 is 21.0 Å². The Kier molecular flexibility index (Phi) is 6.74. The lowest BCUT2D eigenvalue weighted by molar-refractivity contribution is -0.0227. The van der Waals surface area contributed by atoms with E-state index in [9.17, 15) is 26.1 Å². The van der Waals surface area contributed by atoms with Crippen molar-refractivity contribution in [2.45, 2.75) is 26.1 Å². The summed E-state index contributed by atoms with van der Waals surface area (Å²) in [5.41, 5.74) is 0. The average molecular weight is 454 g/mol. The molecule has 0 aliphatic carbocycles. The Morgan fingerprint density at radius 2 is 1.27 bits per heavy atom. The summed E-state index contributed by atoms with van der Waals surface area (Å²) < 4.78 is 76.4. The average Bonchev–Trinajstić information content (AvgIpc) is 2.74. The van der Waals surface area contributed by atoms with E-state index in [2.05, 4.69) is 0 Å². The van der Waals surface area contributed by atoms with Gasteiger partial charge in [0, 0.05) is 0 Å². The molecule has 0 radical (unpaired) electrons. The zero-order valence-corrected chi connectivity index (χ0v) is 17.1. The summed E-state index contributed by atoms with van der Waals surface area (Å²) in [5, 5.41) is -5.06. The zero-order valence-electron chi connectivity index (χ0n) is 15.5. The van der Waals surface area contributed by atoms with Gasteiger partial charge in [-0.15, -0.1) is 0 Å². The molecule has 3 aromatic rings. The van der Waals surface area contributed by atoms with Gasteiger partial charge in [0.25, 0.3) is 0 Å². The molecule has 158 valence electrons. The van der Waals surface area contributed by atoms with E-state index in [1.807, 2.05) is 60.7 Å². The van der Waals surface area contributed by atoms with Gasteiger partial charge in [-0.25, -0.2) is 12.8 Å². The number of hydrogen-bond acceptors (Lipinski definition) is 4. The molecule has 0 aliphatic heterocycles. The number of halogens is 3. The predicted molar refractivity (Wildman–Crippen MR) is 107 cm³/mol. The fourth-order valence-corrected chi connectivity index (χ4v) is 5.08. The first-order valence-corrected chi connectivity index (χ1v) is 11.4. The first kappa shape index (κ1) is 22.2.